The molecule has 0 fully saturated rings. The van der Waals surface area contributed by atoms with Gasteiger partial charge in [-0.2, -0.15) is 0 Å². The maximum atomic E-state index is 13.5. The zero-order chi connectivity index (χ0) is 22.9. The molecule has 6 nitrogen and oxygen atoms in total. The van der Waals surface area contributed by atoms with Crippen LogP contribution in [0.1, 0.15) is 28.3 Å². The van der Waals surface area contributed by atoms with Gasteiger partial charge in [0.15, 0.2) is 5.82 Å². The summed E-state index contributed by atoms with van der Waals surface area (Å²) in [5.41, 5.74) is 9.73. The molecule has 0 spiro atoms. The Morgan fingerprint density at radius 2 is 1.61 bits per heavy atom. The molecule has 2 N–H and O–H groups in total. The van der Waals surface area contributed by atoms with E-state index in [1.54, 1.807) is 0 Å². The number of carbonyl (C=O) groups excluding carboxylic acids is 1. The van der Waals surface area contributed by atoms with Crippen LogP contribution in [0, 0.1) is 20.8 Å². The third kappa shape index (κ3) is 4.36. The SMILES string of the molecule is Cc1ccc([C@H]2Nn3c(nnc3-c3ccccc3)S[C@@H]2C(=O)Nc2cc(C)cc(C)c2)cc1. The molecule has 1 aliphatic rings. The van der Waals surface area contributed by atoms with Crippen LogP contribution in [0.2, 0.25) is 0 Å². The van der Waals surface area contributed by atoms with Gasteiger partial charge in [-0.05, 0) is 49.6 Å². The Hall–Kier alpha value is -3.58. The Balaban J connectivity index is 1.51. The lowest BCUT2D eigenvalue weighted by molar-refractivity contribution is -0.116. The molecule has 4 aromatic rings. The number of aromatic nitrogens is 3. The van der Waals surface area contributed by atoms with Crippen molar-refractivity contribution in [3.8, 4) is 11.4 Å². The maximum Gasteiger partial charge on any atom is 0.240 e. The van der Waals surface area contributed by atoms with E-state index in [1.807, 2.05) is 61.0 Å². The minimum atomic E-state index is -0.422. The van der Waals surface area contributed by atoms with E-state index in [9.17, 15) is 4.79 Å². The second-order valence-corrected chi connectivity index (χ2v) is 9.54. The average molecular weight is 456 g/mol. The van der Waals surface area contributed by atoms with Crippen molar-refractivity contribution < 1.29 is 4.79 Å². The first kappa shape index (κ1) is 21.3. The van der Waals surface area contributed by atoms with Gasteiger partial charge in [0.1, 0.15) is 5.25 Å². The molecule has 0 radical (unpaired) electrons. The smallest absolute Gasteiger partial charge is 0.240 e. The van der Waals surface area contributed by atoms with E-state index in [4.69, 9.17) is 0 Å². The highest BCUT2D eigenvalue weighted by Gasteiger charge is 2.38. The molecule has 2 atom stereocenters. The van der Waals surface area contributed by atoms with Crippen LogP contribution in [0.5, 0.6) is 0 Å². The van der Waals surface area contributed by atoms with Crippen molar-refractivity contribution in [1.29, 1.82) is 0 Å². The lowest BCUT2D eigenvalue weighted by Crippen LogP contribution is -2.41. The summed E-state index contributed by atoms with van der Waals surface area (Å²) in [6.07, 6.45) is 0. The molecular formula is C26H25N5OS. The molecule has 33 heavy (non-hydrogen) atoms. The summed E-state index contributed by atoms with van der Waals surface area (Å²) >= 11 is 1.43. The molecule has 3 aromatic carbocycles. The van der Waals surface area contributed by atoms with Crippen molar-refractivity contribution in [3.05, 3.63) is 95.1 Å². The molecule has 0 bridgehead atoms. The number of amides is 1. The summed E-state index contributed by atoms with van der Waals surface area (Å²) < 4.78 is 1.89. The largest absolute Gasteiger partial charge is 0.325 e. The summed E-state index contributed by atoms with van der Waals surface area (Å²) in [6, 6.07) is 24.0. The fraction of sp³-hybridized carbons (Fsp3) is 0.192. The van der Waals surface area contributed by atoms with Crippen LogP contribution in [-0.4, -0.2) is 26.0 Å². The number of hydrogen-bond acceptors (Lipinski definition) is 5. The number of carbonyl (C=O) groups is 1. The van der Waals surface area contributed by atoms with Crippen molar-refractivity contribution in [1.82, 2.24) is 14.9 Å². The highest BCUT2D eigenvalue weighted by atomic mass is 32.2. The number of rotatable bonds is 4. The lowest BCUT2D eigenvalue weighted by atomic mass is 10.0. The fourth-order valence-corrected chi connectivity index (χ4v) is 5.19. The van der Waals surface area contributed by atoms with E-state index in [2.05, 4.69) is 58.2 Å². The Labute approximate surface area is 197 Å². The molecule has 0 saturated carbocycles. The van der Waals surface area contributed by atoms with Crippen LogP contribution < -0.4 is 10.7 Å². The summed E-state index contributed by atoms with van der Waals surface area (Å²) in [5, 5.41) is 12.1. The first-order valence-corrected chi connectivity index (χ1v) is 11.8. The van der Waals surface area contributed by atoms with Crippen LogP contribution in [0.15, 0.2) is 78.0 Å². The Kier molecular flexibility index (Phi) is 5.64. The average Bonchev–Trinajstić information content (AvgIpc) is 3.21. The monoisotopic (exact) mass is 455 g/mol. The van der Waals surface area contributed by atoms with Crippen molar-refractivity contribution in [2.45, 2.75) is 37.2 Å². The normalized spacial score (nSPS) is 17.2. The topological polar surface area (TPSA) is 71.8 Å². The Morgan fingerprint density at radius 1 is 0.909 bits per heavy atom. The third-order valence-electron chi connectivity index (χ3n) is 5.65. The van der Waals surface area contributed by atoms with Gasteiger partial charge in [0.25, 0.3) is 0 Å². The summed E-state index contributed by atoms with van der Waals surface area (Å²) in [5.74, 6) is 0.655. The Bertz CT molecular complexity index is 1280. The summed E-state index contributed by atoms with van der Waals surface area (Å²) in [6.45, 7) is 6.12. The number of anilines is 1. The number of hydrogen-bond donors (Lipinski definition) is 2. The summed E-state index contributed by atoms with van der Waals surface area (Å²) in [4.78, 5) is 13.5. The van der Waals surface area contributed by atoms with Crippen molar-refractivity contribution in [3.63, 3.8) is 0 Å². The predicted molar refractivity (Wildman–Crippen MR) is 133 cm³/mol. The lowest BCUT2D eigenvalue weighted by Gasteiger charge is -2.33. The van der Waals surface area contributed by atoms with Gasteiger partial charge in [-0.1, -0.05) is 78.0 Å². The van der Waals surface area contributed by atoms with E-state index < -0.39 is 5.25 Å². The summed E-state index contributed by atoms with van der Waals surface area (Å²) in [7, 11) is 0. The minimum absolute atomic E-state index is 0.0708. The number of nitrogens with zero attached hydrogens (tertiary/aromatic N) is 3. The van der Waals surface area contributed by atoms with E-state index in [0.717, 1.165) is 33.8 Å². The van der Waals surface area contributed by atoms with E-state index in [-0.39, 0.29) is 11.9 Å². The molecule has 1 amide bonds. The standard InChI is InChI=1S/C26H25N5OS/c1-16-9-11-19(12-10-16)22-23(25(32)27-21-14-17(2)13-18(3)15-21)33-26-29-28-24(31(26)30-22)20-7-5-4-6-8-20/h4-15,22-23,30H,1-3H3,(H,27,32)/t22-,23+/m1/s1. The first-order valence-electron chi connectivity index (χ1n) is 10.9. The van der Waals surface area contributed by atoms with Gasteiger partial charge in [-0.3, -0.25) is 4.79 Å². The van der Waals surface area contributed by atoms with Crippen molar-refractivity contribution in [2.75, 3.05) is 10.7 Å². The number of benzene rings is 3. The van der Waals surface area contributed by atoms with Crippen LogP contribution in [0.25, 0.3) is 11.4 Å². The molecule has 2 heterocycles. The molecular weight excluding hydrogens is 430 g/mol. The van der Waals surface area contributed by atoms with Crippen LogP contribution in [0.4, 0.5) is 5.69 Å². The van der Waals surface area contributed by atoms with Crippen molar-refractivity contribution >= 4 is 23.4 Å². The molecule has 0 saturated heterocycles. The van der Waals surface area contributed by atoms with E-state index in [0.29, 0.717) is 5.16 Å². The van der Waals surface area contributed by atoms with Crippen molar-refractivity contribution in [2.24, 2.45) is 0 Å². The zero-order valence-electron chi connectivity index (χ0n) is 18.7. The van der Waals surface area contributed by atoms with Gasteiger partial charge < -0.3 is 10.7 Å². The minimum Gasteiger partial charge on any atom is -0.325 e. The van der Waals surface area contributed by atoms with Gasteiger partial charge >= 0.3 is 0 Å². The number of thioether (sulfide) groups is 1. The Morgan fingerprint density at radius 3 is 2.30 bits per heavy atom. The molecule has 0 aliphatic carbocycles. The quantitative estimate of drug-likeness (QED) is 0.439. The van der Waals surface area contributed by atoms with Crippen LogP contribution >= 0.6 is 11.8 Å². The molecule has 7 heteroatoms. The molecule has 1 aromatic heterocycles. The zero-order valence-corrected chi connectivity index (χ0v) is 19.6. The second-order valence-electron chi connectivity index (χ2n) is 8.43. The van der Waals surface area contributed by atoms with Crippen LogP contribution in [-0.2, 0) is 4.79 Å². The van der Waals surface area contributed by atoms with Gasteiger partial charge in [-0.25, -0.2) is 4.68 Å². The van der Waals surface area contributed by atoms with Gasteiger partial charge in [-0.15, -0.1) is 10.2 Å². The van der Waals surface area contributed by atoms with Gasteiger partial charge in [0, 0.05) is 11.3 Å². The van der Waals surface area contributed by atoms with Gasteiger partial charge in [0.2, 0.25) is 11.1 Å². The first-order chi connectivity index (χ1) is 16.0. The highest BCUT2D eigenvalue weighted by Crippen LogP contribution is 2.39. The van der Waals surface area contributed by atoms with E-state index in [1.165, 1.54) is 17.3 Å². The number of nitrogens with one attached hydrogen (secondary N) is 2. The molecule has 166 valence electrons. The third-order valence-corrected chi connectivity index (χ3v) is 6.87. The van der Waals surface area contributed by atoms with Gasteiger partial charge in [0.05, 0.1) is 6.04 Å². The molecule has 1 aliphatic heterocycles. The van der Waals surface area contributed by atoms with E-state index >= 15 is 0 Å². The predicted octanol–water partition coefficient (Wildman–Crippen LogP) is 5.27. The second kappa shape index (κ2) is 8.75. The highest BCUT2D eigenvalue weighted by molar-refractivity contribution is 8.00. The molecule has 5 rings (SSSR count). The molecule has 0 unspecified atom stereocenters. The maximum absolute atomic E-state index is 13.5. The fourth-order valence-electron chi connectivity index (χ4n) is 4.11. The number of aryl methyl sites for hydroxylation is 3. The van der Waals surface area contributed by atoms with Crippen LogP contribution in [0.3, 0.4) is 0 Å². The number of fused-ring (bicyclic) bond motifs is 1.